The summed E-state index contributed by atoms with van der Waals surface area (Å²) in [5.74, 6) is -1.44. The number of carboxylic acids is 2. The fourth-order valence-electron chi connectivity index (χ4n) is 3.11. The van der Waals surface area contributed by atoms with E-state index in [1.165, 1.54) is 16.7 Å². The van der Waals surface area contributed by atoms with Crippen LogP contribution in [0.4, 0.5) is 0 Å². The number of carboxylic acid groups (broad SMARTS) is 2. The quantitative estimate of drug-likeness (QED) is 0.491. The Morgan fingerprint density at radius 2 is 1.27 bits per heavy atom. The molecule has 0 aliphatic heterocycles. The Hall–Kier alpha value is -1.84. The van der Waals surface area contributed by atoms with Crippen molar-refractivity contribution in [3.8, 4) is 0 Å². The van der Waals surface area contributed by atoms with Crippen LogP contribution in [-0.4, -0.2) is 22.2 Å². The Kier molecular flexibility index (Phi) is 9.39. The molecule has 4 nitrogen and oxygen atoms in total. The highest BCUT2D eigenvalue weighted by Crippen LogP contribution is 2.26. The molecule has 1 aromatic carbocycles. The maximum absolute atomic E-state index is 10.6. The van der Waals surface area contributed by atoms with E-state index in [4.69, 9.17) is 10.2 Å². The van der Waals surface area contributed by atoms with E-state index in [0.29, 0.717) is 0 Å². The molecule has 0 aromatic heterocycles. The number of benzene rings is 1. The first-order valence-corrected chi connectivity index (χ1v) is 9.76. The molecule has 146 valence electrons. The summed E-state index contributed by atoms with van der Waals surface area (Å²) in [6.45, 7) is 6.64. The van der Waals surface area contributed by atoms with E-state index in [9.17, 15) is 9.59 Å². The third kappa shape index (κ3) is 9.02. The lowest BCUT2D eigenvalue weighted by Crippen LogP contribution is -2.12. The Balaban J connectivity index is 2.65. The van der Waals surface area contributed by atoms with Crippen LogP contribution in [-0.2, 0) is 27.8 Å². The summed E-state index contributed by atoms with van der Waals surface area (Å²) in [5.41, 5.74) is 4.16. The lowest BCUT2D eigenvalue weighted by molar-refractivity contribution is -0.138. The highest BCUT2D eigenvalue weighted by Gasteiger charge is 2.15. The molecule has 4 heteroatoms. The van der Waals surface area contributed by atoms with Crippen molar-refractivity contribution < 1.29 is 19.8 Å². The van der Waals surface area contributed by atoms with Gasteiger partial charge in [-0.1, -0.05) is 51.8 Å². The van der Waals surface area contributed by atoms with Gasteiger partial charge in [0.05, 0.1) is 0 Å². The molecule has 0 atom stereocenters. The summed E-state index contributed by atoms with van der Waals surface area (Å²) in [5, 5.41) is 17.5. The predicted molar refractivity (Wildman–Crippen MR) is 105 cm³/mol. The van der Waals surface area contributed by atoms with E-state index in [-0.39, 0.29) is 18.3 Å². The zero-order chi connectivity index (χ0) is 19.6. The fraction of sp³-hybridized carbons (Fsp3) is 0.636. The summed E-state index contributed by atoms with van der Waals surface area (Å²) in [6.07, 6.45) is 7.82. The number of unbranched alkanes of at least 4 members (excludes halogenated alkanes) is 4. The van der Waals surface area contributed by atoms with Crippen LogP contribution in [0.2, 0.25) is 0 Å². The lowest BCUT2D eigenvalue weighted by Gasteiger charge is -2.21. The van der Waals surface area contributed by atoms with Gasteiger partial charge in [0.15, 0.2) is 0 Å². The summed E-state index contributed by atoms with van der Waals surface area (Å²) < 4.78 is 0. The predicted octanol–water partition coefficient (Wildman–Crippen LogP) is 5.36. The zero-order valence-electron chi connectivity index (χ0n) is 16.5. The minimum absolute atomic E-state index is 0.109. The molecule has 0 radical (unpaired) electrons. The molecule has 0 spiro atoms. The van der Waals surface area contributed by atoms with E-state index in [1.54, 1.807) is 0 Å². The van der Waals surface area contributed by atoms with Crippen molar-refractivity contribution >= 4 is 11.9 Å². The van der Waals surface area contributed by atoms with Gasteiger partial charge >= 0.3 is 11.9 Å². The molecule has 2 N–H and O–H groups in total. The SMILES string of the molecule is CC(C)(C)c1ccc(CCCCCC(=O)O)c(CCCCCC(=O)O)c1. The van der Waals surface area contributed by atoms with Crippen LogP contribution < -0.4 is 0 Å². The first kappa shape index (κ1) is 22.2. The summed E-state index contributed by atoms with van der Waals surface area (Å²) in [6, 6.07) is 6.74. The maximum atomic E-state index is 10.6. The number of aliphatic carboxylic acids is 2. The second kappa shape index (κ2) is 11.0. The second-order valence-corrected chi connectivity index (χ2v) is 8.14. The van der Waals surface area contributed by atoms with Gasteiger partial charge in [0.25, 0.3) is 0 Å². The standard InChI is InChI=1S/C22H34O4/c1-22(2,3)19-15-14-17(10-6-4-8-12-20(23)24)18(16-19)11-7-5-9-13-21(25)26/h14-16H,4-13H2,1-3H3,(H,23,24)(H,25,26). The molecular formula is C22H34O4. The first-order chi connectivity index (χ1) is 12.2. The number of hydrogen-bond donors (Lipinski definition) is 2. The van der Waals surface area contributed by atoms with E-state index in [1.807, 2.05) is 0 Å². The monoisotopic (exact) mass is 362 g/mol. The highest BCUT2D eigenvalue weighted by molar-refractivity contribution is 5.66. The van der Waals surface area contributed by atoms with Crippen molar-refractivity contribution in [3.63, 3.8) is 0 Å². The average molecular weight is 363 g/mol. The van der Waals surface area contributed by atoms with E-state index >= 15 is 0 Å². The van der Waals surface area contributed by atoms with Gasteiger partial charge in [-0.2, -0.15) is 0 Å². The third-order valence-electron chi connectivity index (χ3n) is 4.75. The smallest absolute Gasteiger partial charge is 0.303 e. The molecule has 0 aliphatic rings. The summed E-state index contributed by atoms with van der Waals surface area (Å²) in [7, 11) is 0. The molecule has 0 saturated carbocycles. The third-order valence-corrected chi connectivity index (χ3v) is 4.75. The van der Waals surface area contributed by atoms with Crippen LogP contribution in [0, 0.1) is 0 Å². The number of rotatable bonds is 12. The Bertz CT molecular complexity index is 584. The topological polar surface area (TPSA) is 74.6 Å². The molecule has 1 aromatic rings. The highest BCUT2D eigenvalue weighted by atomic mass is 16.4. The minimum atomic E-state index is -0.721. The van der Waals surface area contributed by atoms with Gasteiger partial charge in [-0.3, -0.25) is 9.59 Å². The molecule has 0 fully saturated rings. The van der Waals surface area contributed by atoms with Gasteiger partial charge in [0, 0.05) is 12.8 Å². The van der Waals surface area contributed by atoms with Crippen molar-refractivity contribution in [1.82, 2.24) is 0 Å². The van der Waals surface area contributed by atoms with Gasteiger partial charge in [0.1, 0.15) is 0 Å². The molecule has 0 amide bonds. The summed E-state index contributed by atoms with van der Waals surface area (Å²) in [4.78, 5) is 21.2. The van der Waals surface area contributed by atoms with Crippen molar-refractivity contribution in [3.05, 3.63) is 34.9 Å². The normalized spacial score (nSPS) is 11.5. The summed E-state index contributed by atoms with van der Waals surface area (Å²) >= 11 is 0. The van der Waals surface area contributed by atoms with E-state index in [0.717, 1.165) is 51.4 Å². The minimum Gasteiger partial charge on any atom is -0.481 e. The Morgan fingerprint density at radius 3 is 1.73 bits per heavy atom. The van der Waals surface area contributed by atoms with Crippen molar-refractivity contribution in [1.29, 1.82) is 0 Å². The Labute approximate surface area is 157 Å². The van der Waals surface area contributed by atoms with Crippen molar-refractivity contribution in [2.45, 2.75) is 90.4 Å². The molecule has 0 unspecified atom stereocenters. The van der Waals surface area contributed by atoms with Crippen molar-refractivity contribution in [2.75, 3.05) is 0 Å². The van der Waals surface area contributed by atoms with Crippen LogP contribution in [0.1, 0.15) is 88.8 Å². The molecule has 0 saturated heterocycles. The molecule has 0 heterocycles. The van der Waals surface area contributed by atoms with Crippen molar-refractivity contribution in [2.24, 2.45) is 0 Å². The van der Waals surface area contributed by atoms with Crippen LogP contribution in [0.5, 0.6) is 0 Å². The first-order valence-electron chi connectivity index (χ1n) is 9.76. The molecule has 26 heavy (non-hydrogen) atoms. The number of hydrogen-bond acceptors (Lipinski definition) is 2. The zero-order valence-corrected chi connectivity index (χ0v) is 16.5. The van der Waals surface area contributed by atoms with Gasteiger partial charge < -0.3 is 10.2 Å². The van der Waals surface area contributed by atoms with Crippen LogP contribution >= 0.6 is 0 Å². The number of aryl methyl sites for hydroxylation is 2. The van der Waals surface area contributed by atoms with Crippen LogP contribution in [0.25, 0.3) is 0 Å². The van der Waals surface area contributed by atoms with Gasteiger partial charge in [-0.05, 0) is 60.6 Å². The lowest BCUT2D eigenvalue weighted by atomic mass is 9.84. The van der Waals surface area contributed by atoms with E-state index in [2.05, 4.69) is 39.0 Å². The second-order valence-electron chi connectivity index (χ2n) is 8.14. The van der Waals surface area contributed by atoms with Crippen LogP contribution in [0.3, 0.4) is 0 Å². The van der Waals surface area contributed by atoms with Gasteiger partial charge in [-0.25, -0.2) is 0 Å². The average Bonchev–Trinajstić information content (AvgIpc) is 2.53. The van der Waals surface area contributed by atoms with Gasteiger partial charge in [0.2, 0.25) is 0 Å². The molecular weight excluding hydrogens is 328 g/mol. The van der Waals surface area contributed by atoms with Crippen LogP contribution in [0.15, 0.2) is 18.2 Å². The Morgan fingerprint density at radius 1 is 0.769 bits per heavy atom. The molecule has 1 rings (SSSR count). The fourth-order valence-corrected chi connectivity index (χ4v) is 3.11. The maximum Gasteiger partial charge on any atom is 0.303 e. The van der Waals surface area contributed by atoms with Gasteiger partial charge in [-0.15, -0.1) is 0 Å². The largest absolute Gasteiger partial charge is 0.481 e. The molecule has 0 bridgehead atoms. The number of carbonyl (C=O) groups is 2. The molecule has 0 aliphatic carbocycles. The van der Waals surface area contributed by atoms with E-state index < -0.39 is 11.9 Å².